The average molecular weight is 490 g/mol. The monoisotopic (exact) mass is 489 g/mol. The van der Waals surface area contributed by atoms with Gasteiger partial charge < -0.3 is 23.9 Å². The zero-order valence-electron chi connectivity index (χ0n) is 17.4. The van der Waals surface area contributed by atoms with Gasteiger partial charge in [0.15, 0.2) is 10.9 Å². The van der Waals surface area contributed by atoms with Gasteiger partial charge in [-0.05, 0) is 37.1 Å². The lowest BCUT2D eigenvalue weighted by Gasteiger charge is -2.07. The molecule has 1 aliphatic rings. The Hall–Kier alpha value is -3.38. The van der Waals surface area contributed by atoms with Gasteiger partial charge in [-0.25, -0.2) is 4.79 Å². The van der Waals surface area contributed by atoms with Crippen LogP contribution in [0.15, 0.2) is 50.1 Å². The molecular formula is C21H19N3O7S2. The van der Waals surface area contributed by atoms with Gasteiger partial charge in [0, 0.05) is 12.0 Å². The van der Waals surface area contributed by atoms with Crippen molar-refractivity contribution in [2.75, 3.05) is 19.0 Å². The summed E-state index contributed by atoms with van der Waals surface area (Å²) >= 11 is 2.55. The molecule has 0 aliphatic heterocycles. The molecule has 172 valence electrons. The Bertz CT molecular complexity index is 1190. The molecule has 10 nitrogen and oxygen atoms in total. The van der Waals surface area contributed by atoms with E-state index >= 15 is 0 Å². The predicted molar refractivity (Wildman–Crippen MR) is 120 cm³/mol. The van der Waals surface area contributed by atoms with E-state index in [9.17, 15) is 14.4 Å². The van der Waals surface area contributed by atoms with Gasteiger partial charge in [0.2, 0.25) is 22.2 Å². The van der Waals surface area contributed by atoms with Crippen LogP contribution in [0.3, 0.4) is 0 Å². The van der Waals surface area contributed by atoms with Crippen molar-refractivity contribution in [3.05, 3.63) is 52.6 Å². The second kappa shape index (κ2) is 10.5. The second-order valence-electron chi connectivity index (χ2n) is 6.94. The number of esters is 1. The van der Waals surface area contributed by atoms with Crippen LogP contribution in [0.2, 0.25) is 0 Å². The van der Waals surface area contributed by atoms with Crippen molar-refractivity contribution in [1.29, 1.82) is 0 Å². The SMILES string of the molecule is COc1ccc(OCC(=O)Oc2coc(CSc3nnc(NC(=O)C4CC4)s3)cc2=O)cc1. The number of nitrogens with zero attached hydrogens (tertiary/aromatic N) is 2. The van der Waals surface area contributed by atoms with Crippen LogP contribution >= 0.6 is 23.1 Å². The van der Waals surface area contributed by atoms with Crippen molar-refractivity contribution >= 4 is 40.1 Å². The normalized spacial score (nSPS) is 12.8. The van der Waals surface area contributed by atoms with E-state index in [1.807, 2.05) is 0 Å². The van der Waals surface area contributed by atoms with E-state index in [1.165, 1.54) is 29.2 Å². The first kappa shape index (κ1) is 22.8. The number of methoxy groups -OCH3 is 1. The van der Waals surface area contributed by atoms with Crippen molar-refractivity contribution in [2.45, 2.75) is 22.9 Å². The molecule has 2 aromatic heterocycles. The molecule has 0 unspecified atom stereocenters. The lowest BCUT2D eigenvalue weighted by atomic mass is 10.3. The highest BCUT2D eigenvalue weighted by Gasteiger charge is 2.30. The number of rotatable bonds is 10. The van der Waals surface area contributed by atoms with Crippen LogP contribution in [-0.4, -0.2) is 35.8 Å². The van der Waals surface area contributed by atoms with E-state index in [1.54, 1.807) is 31.4 Å². The summed E-state index contributed by atoms with van der Waals surface area (Å²) in [6.45, 7) is -0.375. The van der Waals surface area contributed by atoms with E-state index in [-0.39, 0.29) is 24.2 Å². The molecule has 33 heavy (non-hydrogen) atoms. The van der Waals surface area contributed by atoms with Gasteiger partial charge in [0.25, 0.3) is 0 Å². The minimum Gasteiger partial charge on any atom is -0.497 e. The molecule has 1 amide bonds. The van der Waals surface area contributed by atoms with Crippen LogP contribution in [0.5, 0.6) is 17.2 Å². The van der Waals surface area contributed by atoms with Crippen LogP contribution in [0.25, 0.3) is 0 Å². The fourth-order valence-corrected chi connectivity index (χ4v) is 4.20. The van der Waals surface area contributed by atoms with Gasteiger partial charge >= 0.3 is 5.97 Å². The van der Waals surface area contributed by atoms with Gasteiger partial charge in [-0.2, -0.15) is 0 Å². The summed E-state index contributed by atoms with van der Waals surface area (Å²) in [6, 6.07) is 7.93. The van der Waals surface area contributed by atoms with E-state index in [2.05, 4.69) is 15.5 Å². The summed E-state index contributed by atoms with van der Waals surface area (Å²) in [4.78, 5) is 36.0. The second-order valence-corrected chi connectivity index (χ2v) is 9.14. The number of hydrogen-bond acceptors (Lipinski definition) is 11. The Morgan fingerprint density at radius 2 is 1.97 bits per heavy atom. The lowest BCUT2D eigenvalue weighted by Crippen LogP contribution is -2.20. The molecule has 4 rings (SSSR count). The number of carbonyl (C=O) groups is 2. The minimum atomic E-state index is -0.741. The number of ether oxygens (including phenoxy) is 3. The average Bonchev–Trinajstić information content (AvgIpc) is 3.58. The van der Waals surface area contributed by atoms with Gasteiger partial charge in [-0.3, -0.25) is 9.59 Å². The highest BCUT2D eigenvalue weighted by atomic mass is 32.2. The van der Waals surface area contributed by atoms with Crippen LogP contribution in [0.1, 0.15) is 18.6 Å². The fraction of sp³-hybridized carbons (Fsp3) is 0.286. The maximum Gasteiger partial charge on any atom is 0.349 e. The van der Waals surface area contributed by atoms with Crippen molar-refractivity contribution in [1.82, 2.24) is 10.2 Å². The summed E-state index contributed by atoms with van der Waals surface area (Å²) < 4.78 is 21.4. The van der Waals surface area contributed by atoms with E-state index in [0.29, 0.717) is 32.5 Å². The number of hydrogen-bond donors (Lipinski definition) is 1. The van der Waals surface area contributed by atoms with Crippen LogP contribution in [0, 0.1) is 5.92 Å². The molecule has 0 atom stereocenters. The largest absolute Gasteiger partial charge is 0.497 e. The Labute approximate surface area is 196 Å². The Morgan fingerprint density at radius 3 is 2.67 bits per heavy atom. The maximum atomic E-state index is 12.3. The van der Waals surface area contributed by atoms with Gasteiger partial charge in [0.05, 0.1) is 12.9 Å². The molecule has 1 aromatic carbocycles. The number of carbonyl (C=O) groups excluding carboxylic acids is 2. The molecule has 0 spiro atoms. The zero-order chi connectivity index (χ0) is 23.2. The van der Waals surface area contributed by atoms with Crippen LogP contribution in [0.4, 0.5) is 5.13 Å². The Kier molecular flexibility index (Phi) is 7.25. The number of nitrogens with one attached hydrogen (secondary N) is 1. The fourth-order valence-electron chi connectivity index (χ4n) is 2.56. The standard InChI is InChI=1S/C21H19N3O7S2/c1-28-13-4-6-14(7-5-13)30-10-18(26)31-17-9-29-15(8-16(17)25)11-32-21-24-23-20(33-21)22-19(27)12-2-3-12/h4-9,12H,2-3,10-11H2,1H3,(H,22,23,27). The van der Waals surface area contributed by atoms with Crippen LogP contribution < -0.4 is 25.0 Å². The third kappa shape index (κ3) is 6.56. The van der Waals surface area contributed by atoms with E-state index in [4.69, 9.17) is 18.6 Å². The number of anilines is 1. The number of thioether (sulfide) groups is 1. The quantitative estimate of drug-likeness (QED) is 0.257. The summed E-state index contributed by atoms with van der Waals surface area (Å²) in [6.07, 6.45) is 2.91. The molecule has 12 heteroatoms. The Morgan fingerprint density at radius 1 is 1.21 bits per heavy atom. The Balaban J connectivity index is 1.25. The van der Waals surface area contributed by atoms with Crippen molar-refractivity contribution in [3.8, 4) is 17.2 Å². The molecule has 0 bridgehead atoms. The molecule has 3 aromatic rings. The van der Waals surface area contributed by atoms with Gasteiger partial charge in [-0.1, -0.05) is 23.1 Å². The highest BCUT2D eigenvalue weighted by Crippen LogP contribution is 2.32. The number of benzene rings is 1. The summed E-state index contributed by atoms with van der Waals surface area (Å²) in [5, 5.41) is 11.1. The van der Waals surface area contributed by atoms with E-state index in [0.717, 1.165) is 19.1 Å². The number of aromatic nitrogens is 2. The first-order valence-electron chi connectivity index (χ1n) is 9.86. The molecule has 1 N–H and O–H groups in total. The van der Waals surface area contributed by atoms with Gasteiger partial charge in [0.1, 0.15) is 23.5 Å². The maximum absolute atomic E-state index is 12.3. The first-order chi connectivity index (χ1) is 16.0. The van der Waals surface area contributed by atoms with Crippen molar-refractivity contribution < 1.29 is 28.2 Å². The molecule has 0 radical (unpaired) electrons. The zero-order valence-corrected chi connectivity index (χ0v) is 19.1. The smallest absolute Gasteiger partial charge is 0.349 e. The van der Waals surface area contributed by atoms with Crippen LogP contribution in [-0.2, 0) is 15.3 Å². The predicted octanol–water partition coefficient (Wildman–Crippen LogP) is 3.13. The molecule has 1 fully saturated rings. The molecular weight excluding hydrogens is 470 g/mol. The lowest BCUT2D eigenvalue weighted by molar-refractivity contribution is -0.136. The molecule has 2 heterocycles. The number of amides is 1. The first-order valence-corrected chi connectivity index (χ1v) is 11.7. The third-order valence-corrected chi connectivity index (χ3v) is 6.41. The minimum absolute atomic E-state index is 0.0340. The molecule has 1 saturated carbocycles. The van der Waals surface area contributed by atoms with Crippen molar-refractivity contribution in [3.63, 3.8) is 0 Å². The topological polar surface area (TPSA) is 130 Å². The summed E-state index contributed by atoms with van der Waals surface area (Å²) in [7, 11) is 1.55. The van der Waals surface area contributed by atoms with E-state index < -0.39 is 11.4 Å². The third-order valence-electron chi connectivity index (χ3n) is 4.41. The summed E-state index contributed by atoms with van der Waals surface area (Å²) in [5.41, 5.74) is -0.496. The summed E-state index contributed by atoms with van der Waals surface area (Å²) in [5.74, 6) is 0.886. The molecule has 0 saturated heterocycles. The molecule has 1 aliphatic carbocycles. The van der Waals surface area contributed by atoms with Crippen molar-refractivity contribution in [2.24, 2.45) is 5.92 Å². The van der Waals surface area contributed by atoms with Gasteiger partial charge in [-0.15, -0.1) is 10.2 Å². The highest BCUT2D eigenvalue weighted by molar-refractivity contribution is 8.00.